The normalized spacial score (nSPS) is 11.6. The van der Waals surface area contributed by atoms with Crippen LogP contribution in [0, 0.1) is 11.3 Å². The Labute approximate surface area is 201 Å². The van der Waals surface area contributed by atoms with E-state index in [0.717, 1.165) is 55.6 Å². The van der Waals surface area contributed by atoms with E-state index in [-0.39, 0.29) is 5.91 Å². The summed E-state index contributed by atoms with van der Waals surface area (Å²) in [6.07, 6.45) is 4.09. The van der Waals surface area contributed by atoms with E-state index in [9.17, 15) is 10.1 Å². The third-order valence-corrected chi connectivity index (χ3v) is 5.73. The summed E-state index contributed by atoms with van der Waals surface area (Å²) >= 11 is 0. The van der Waals surface area contributed by atoms with Gasteiger partial charge in [0, 0.05) is 19.6 Å². The van der Waals surface area contributed by atoms with Gasteiger partial charge >= 0.3 is 0 Å². The number of nitriles is 1. The minimum atomic E-state index is -1.06. The molecule has 34 heavy (non-hydrogen) atoms. The minimum Gasteiger partial charge on any atom is -0.497 e. The predicted octanol–water partition coefficient (Wildman–Crippen LogP) is 4.97. The molecule has 0 aliphatic rings. The number of benzene rings is 2. The molecule has 0 aliphatic carbocycles. The fraction of sp³-hybridized carbons (Fsp3) is 0.407. The first-order valence-corrected chi connectivity index (χ1v) is 11.9. The third-order valence-electron chi connectivity index (χ3n) is 5.73. The van der Waals surface area contributed by atoms with E-state index in [1.807, 2.05) is 48.5 Å². The van der Waals surface area contributed by atoms with Crippen molar-refractivity contribution < 1.29 is 9.53 Å². The van der Waals surface area contributed by atoms with Crippen LogP contribution in [0.1, 0.15) is 56.7 Å². The van der Waals surface area contributed by atoms with Crippen LogP contribution in [0.2, 0.25) is 0 Å². The van der Waals surface area contributed by atoms with Crippen molar-refractivity contribution in [3.8, 4) is 11.8 Å². The van der Waals surface area contributed by atoms with E-state index in [1.54, 1.807) is 7.11 Å². The van der Waals surface area contributed by atoms with Gasteiger partial charge in [0.25, 0.3) is 0 Å². The Kier molecular flexibility index (Phi) is 9.21. The number of carbonyl (C=O) groups is 1. The van der Waals surface area contributed by atoms with Crippen molar-refractivity contribution in [3.05, 3.63) is 59.8 Å². The first kappa shape index (κ1) is 25.0. The molecule has 0 fully saturated rings. The maximum Gasteiger partial charge on any atom is 0.243 e. The third kappa shape index (κ3) is 6.22. The van der Waals surface area contributed by atoms with Crippen LogP contribution in [0.3, 0.4) is 0 Å². The average molecular weight is 460 g/mol. The molecule has 1 amide bonds. The molecule has 0 bridgehead atoms. The lowest BCUT2D eigenvalue weighted by molar-refractivity contribution is -0.121. The number of unbranched alkanes of at least 4 members (excludes halogenated alkanes) is 2. The molecule has 0 spiro atoms. The maximum absolute atomic E-state index is 13.2. The number of para-hydroxylation sites is 2. The van der Waals surface area contributed by atoms with E-state index >= 15 is 0 Å². The highest BCUT2D eigenvalue weighted by Gasteiger charge is 2.28. The molecule has 3 aromatic rings. The minimum absolute atomic E-state index is 0.312. The SMILES string of the molecule is CCCCN(CCCC)c1nc2ccccc2nc1C(C#N)C(=O)NCc1ccc(OC)cc1. The number of aromatic nitrogens is 2. The zero-order valence-electron chi connectivity index (χ0n) is 20.3. The lowest BCUT2D eigenvalue weighted by Gasteiger charge is -2.26. The first-order valence-electron chi connectivity index (χ1n) is 11.9. The molecule has 1 unspecified atom stereocenters. The molecule has 0 aliphatic heterocycles. The second-order valence-electron chi connectivity index (χ2n) is 8.24. The number of amides is 1. The number of anilines is 1. The molecule has 1 atom stereocenters. The van der Waals surface area contributed by atoms with E-state index in [2.05, 4.69) is 30.1 Å². The number of nitrogens with one attached hydrogen (secondary N) is 1. The molecule has 1 aromatic heterocycles. The quantitative estimate of drug-likeness (QED) is 0.411. The summed E-state index contributed by atoms with van der Waals surface area (Å²) in [6.45, 7) is 6.22. The molecular formula is C27H33N5O2. The lowest BCUT2D eigenvalue weighted by Crippen LogP contribution is -2.33. The Bertz CT molecular complexity index is 1120. The standard InChI is InChI=1S/C27H33N5O2/c1-4-6-16-32(17-7-5-2)26-25(30-23-10-8-9-11-24(23)31-26)22(18-28)27(33)29-19-20-12-14-21(34-3)15-13-20/h8-15,22H,4-7,16-17,19H2,1-3H3,(H,29,33). The zero-order valence-corrected chi connectivity index (χ0v) is 20.3. The number of ether oxygens (including phenoxy) is 1. The summed E-state index contributed by atoms with van der Waals surface area (Å²) in [5.74, 6) is -0.0572. The van der Waals surface area contributed by atoms with Crippen molar-refractivity contribution in [1.82, 2.24) is 15.3 Å². The number of nitrogens with zero attached hydrogens (tertiary/aromatic N) is 4. The Morgan fingerprint density at radius 2 is 1.65 bits per heavy atom. The topological polar surface area (TPSA) is 91.1 Å². The van der Waals surface area contributed by atoms with E-state index < -0.39 is 5.92 Å². The van der Waals surface area contributed by atoms with Gasteiger partial charge in [-0.05, 0) is 42.7 Å². The van der Waals surface area contributed by atoms with Crippen LogP contribution >= 0.6 is 0 Å². The van der Waals surface area contributed by atoms with Crippen molar-refractivity contribution in [2.24, 2.45) is 0 Å². The number of rotatable bonds is 12. The smallest absolute Gasteiger partial charge is 0.243 e. The van der Waals surface area contributed by atoms with E-state index in [0.29, 0.717) is 23.6 Å². The van der Waals surface area contributed by atoms with E-state index in [4.69, 9.17) is 14.7 Å². The van der Waals surface area contributed by atoms with Crippen LogP contribution in [-0.2, 0) is 11.3 Å². The monoisotopic (exact) mass is 459 g/mol. The Hall–Kier alpha value is -3.66. The van der Waals surface area contributed by atoms with Crippen LogP contribution in [-0.4, -0.2) is 36.1 Å². The summed E-state index contributed by atoms with van der Waals surface area (Å²) in [7, 11) is 1.61. The molecule has 1 heterocycles. The number of hydrogen-bond donors (Lipinski definition) is 1. The van der Waals surface area contributed by atoms with Crippen LogP contribution in [0.4, 0.5) is 5.82 Å². The van der Waals surface area contributed by atoms with Crippen molar-refractivity contribution >= 4 is 22.8 Å². The molecule has 7 nitrogen and oxygen atoms in total. The van der Waals surface area contributed by atoms with Gasteiger partial charge < -0.3 is 15.0 Å². The molecule has 0 radical (unpaired) electrons. The second-order valence-corrected chi connectivity index (χ2v) is 8.24. The fourth-order valence-corrected chi connectivity index (χ4v) is 3.73. The van der Waals surface area contributed by atoms with Gasteiger partial charge in [-0.25, -0.2) is 9.97 Å². The molecule has 7 heteroatoms. The number of fused-ring (bicyclic) bond motifs is 1. The second kappa shape index (κ2) is 12.5. The van der Waals surface area contributed by atoms with Crippen LogP contribution < -0.4 is 15.0 Å². The molecule has 0 saturated carbocycles. The molecule has 178 valence electrons. The van der Waals surface area contributed by atoms with Gasteiger partial charge in [-0.1, -0.05) is 51.0 Å². The van der Waals surface area contributed by atoms with E-state index in [1.165, 1.54) is 0 Å². The van der Waals surface area contributed by atoms with Gasteiger partial charge in [-0.3, -0.25) is 4.79 Å². The Balaban J connectivity index is 1.93. The van der Waals surface area contributed by atoms with Gasteiger partial charge in [0.15, 0.2) is 11.7 Å². The predicted molar refractivity (Wildman–Crippen MR) is 135 cm³/mol. The fourth-order valence-electron chi connectivity index (χ4n) is 3.73. The summed E-state index contributed by atoms with van der Waals surface area (Å²) in [5.41, 5.74) is 2.77. The number of hydrogen-bond acceptors (Lipinski definition) is 6. The average Bonchev–Trinajstić information content (AvgIpc) is 2.88. The van der Waals surface area contributed by atoms with Gasteiger partial charge in [-0.2, -0.15) is 5.26 Å². The highest BCUT2D eigenvalue weighted by Crippen LogP contribution is 2.28. The highest BCUT2D eigenvalue weighted by molar-refractivity contribution is 5.88. The van der Waals surface area contributed by atoms with Crippen LogP contribution in [0.5, 0.6) is 5.75 Å². The van der Waals surface area contributed by atoms with Crippen molar-refractivity contribution in [2.45, 2.75) is 52.0 Å². The lowest BCUT2D eigenvalue weighted by atomic mass is 10.0. The maximum atomic E-state index is 13.2. The molecule has 0 saturated heterocycles. The number of methoxy groups -OCH3 is 1. The molecule has 1 N–H and O–H groups in total. The Morgan fingerprint density at radius 1 is 1.03 bits per heavy atom. The highest BCUT2D eigenvalue weighted by atomic mass is 16.5. The molecule has 2 aromatic carbocycles. The van der Waals surface area contributed by atoms with Gasteiger partial charge in [-0.15, -0.1) is 0 Å². The molecular weight excluding hydrogens is 426 g/mol. The summed E-state index contributed by atoms with van der Waals surface area (Å²) < 4.78 is 5.18. The first-order chi connectivity index (χ1) is 16.6. The van der Waals surface area contributed by atoms with Crippen molar-refractivity contribution in [3.63, 3.8) is 0 Å². The largest absolute Gasteiger partial charge is 0.497 e. The summed E-state index contributed by atoms with van der Waals surface area (Å²) in [6, 6.07) is 17.2. The van der Waals surface area contributed by atoms with Gasteiger partial charge in [0.2, 0.25) is 5.91 Å². The van der Waals surface area contributed by atoms with Crippen LogP contribution in [0.25, 0.3) is 11.0 Å². The number of carbonyl (C=O) groups excluding carboxylic acids is 1. The summed E-state index contributed by atoms with van der Waals surface area (Å²) in [4.78, 5) is 25.0. The van der Waals surface area contributed by atoms with Gasteiger partial charge in [0.1, 0.15) is 11.4 Å². The van der Waals surface area contributed by atoms with Crippen molar-refractivity contribution in [1.29, 1.82) is 5.26 Å². The summed E-state index contributed by atoms with van der Waals surface area (Å²) in [5, 5.41) is 12.9. The van der Waals surface area contributed by atoms with Crippen LogP contribution in [0.15, 0.2) is 48.5 Å². The Morgan fingerprint density at radius 3 is 2.21 bits per heavy atom. The molecule has 3 rings (SSSR count). The zero-order chi connectivity index (χ0) is 24.3. The van der Waals surface area contributed by atoms with Crippen molar-refractivity contribution in [2.75, 3.05) is 25.1 Å². The van der Waals surface area contributed by atoms with Gasteiger partial charge in [0.05, 0.1) is 24.2 Å².